The first kappa shape index (κ1) is 15.8. The third-order valence-electron chi connectivity index (χ3n) is 4.09. The minimum Gasteiger partial charge on any atom is -0.310 e. The Balaban J connectivity index is 2.08. The maximum Gasteiger partial charge on any atom is 0.0207 e. The van der Waals surface area contributed by atoms with Gasteiger partial charge < -0.3 is 5.32 Å². The van der Waals surface area contributed by atoms with Crippen LogP contribution in [0.2, 0.25) is 0 Å². The fraction of sp³-hybridized carbons (Fsp3) is 0.400. The second-order valence-corrected chi connectivity index (χ2v) is 6.16. The summed E-state index contributed by atoms with van der Waals surface area (Å²) in [7, 11) is 0. The summed E-state index contributed by atoms with van der Waals surface area (Å²) >= 11 is 0. The first-order chi connectivity index (χ1) is 10.1. The zero-order chi connectivity index (χ0) is 15.2. The van der Waals surface area contributed by atoms with Crippen molar-refractivity contribution < 1.29 is 0 Å². The molecule has 0 aliphatic rings. The fourth-order valence-electron chi connectivity index (χ4n) is 2.38. The van der Waals surface area contributed by atoms with Gasteiger partial charge in [-0.1, -0.05) is 76.2 Å². The Morgan fingerprint density at radius 1 is 0.810 bits per heavy atom. The second-order valence-electron chi connectivity index (χ2n) is 6.16. The molecule has 0 aliphatic heterocycles. The summed E-state index contributed by atoms with van der Waals surface area (Å²) in [5, 5.41) is 3.45. The Morgan fingerprint density at radius 2 is 1.33 bits per heavy atom. The number of hydrogen-bond donors (Lipinski definition) is 1. The van der Waals surface area contributed by atoms with E-state index in [2.05, 4.69) is 81.5 Å². The van der Waals surface area contributed by atoms with Crippen LogP contribution in [0.15, 0.2) is 48.5 Å². The van der Waals surface area contributed by atoms with Crippen molar-refractivity contribution in [1.82, 2.24) is 5.32 Å². The predicted octanol–water partition coefficient (Wildman–Crippen LogP) is 5.37. The van der Waals surface area contributed by atoms with Crippen LogP contribution in [-0.4, -0.2) is 6.04 Å². The van der Waals surface area contributed by atoms with E-state index < -0.39 is 0 Å². The Hall–Kier alpha value is -1.60. The molecule has 0 aromatic heterocycles. The average molecular weight is 281 g/mol. The van der Waals surface area contributed by atoms with Gasteiger partial charge >= 0.3 is 0 Å². The van der Waals surface area contributed by atoms with Gasteiger partial charge in [0.05, 0.1) is 0 Å². The molecule has 2 aromatic carbocycles. The molecular weight excluding hydrogens is 254 g/mol. The van der Waals surface area contributed by atoms with Crippen molar-refractivity contribution in [2.24, 2.45) is 0 Å². The van der Waals surface area contributed by atoms with Crippen molar-refractivity contribution >= 4 is 0 Å². The van der Waals surface area contributed by atoms with E-state index >= 15 is 0 Å². The zero-order valence-electron chi connectivity index (χ0n) is 13.7. The van der Waals surface area contributed by atoms with Gasteiger partial charge in [-0.3, -0.25) is 0 Å². The van der Waals surface area contributed by atoms with E-state index in [1.807, 2.05) is 0 Å². The largest absolute Gasteiger partial charge is 0.310 e. The van der Waals surface area contributed by atoms with Crippen LogP contribution in [0, 0.1) is 0 Å². The SMILES string of the molecule is CCC(C)c1ccc(-c2ccc(CNC(C)C)cc2)cc1. The summed E-state index contributed by atoms with van der Waals surface area (Å²) in [5.74, 6) is 0.642. The molecule has 0 saturated heterocycles. The molecule has 0 fully saturated rings. The van der Waals surface area contributed by atoms with Gasteiger partial charge in [0.2, 0.25) is 0 Å². The Labute approximate surface area is 129 Å². The minimum atomic E-state index is 0.526. The van der Waals surface area contributed by atoms with E-state index in [9.17, 15) is 0 Å². The maximum absolute atomic E-state index is 3.45. The molecule has 0 bridgehead atoms. The summed E-state index contributed by atoms with van der Waals surface area (Å²) in [4.78, 5) is 0. The fourth-order valence-corrected chi connectivity index (χ4v) is 2.38. The molecule has 1 unspecified atom stereocenters. The Morgan fingerprint density at radius 3 is 1.81 bits per heavy atom. The standard InChI is InChI=1S/C20H27N/c1-5-16(4)18-10-12-20(13-11-18)19-8-6-17(7-9-19)14-21-15(2)3/h6-13,15-16,21H,5,14H2,1-4H3. The van der Waals surface area contributed by atoms with Crippen LogP contribution in [0.4, 0.5) is 0 Å². The van der Waals surface area contributed by atoms with Gasteiger partial charge in [0.25, 0.3) is 0 Å². The van der Waals surface area contributed by atoms with Crippen molar-refractivity contribution in [1.29, 1.82) is 0 Å². The molecule has 0 aliphatic carbocycles. The Bertz CT molecular complexity index is 537. The molecule has 0 saturated carbocycles. The number of rotatable bonds is 6. The normalized spacial score (nSPS) is 12.6. The van der Waals surface area contributed by atoms with E-state index in [1.54, 1.807) is 0 Å². The smallest absolute Gasteiger partial charge is 0.0207 e. The van der Waals surface area contributed by atoms with Crippen LogP contribution in [0.3, 0.4) is 0 Å². The molecule has 0 radical (unpaired) electrons. The van der Waals surface area contributed by atoms with E-state index in [-0.39, 0.29) is 0 Å². The molecule has 21 heavy (non-hydrogen) atoms. The minimum absolute atomic E-state index is 0.526. The molecule has 1 atom stereocenters. The van der Waals surface area contributed by atoms with Gasteiger partial charge in [-0.25, -0.2) is 0 Å². The molecule has 1 N–H and O–H groups in total. The van der Waals surface area contributed by atoms with Crippen LogP contribution in [0.5, 0.6) is 0 Å². The lowest BCUT2D eigenvalue weighted by atomic mass is 9.95. The molecule has 1 heteroatoms. The third kappa shape index (κ3) is 4.44. The molecule has 2 rings (SSSR count). The third-order valence-corrected chi connectivity index (χ3v) is 4.09. The van der Waals surface area contributed by atoms with Crippen LogP contribution >= 0.6 is 0 Å². The van der Waals surface area contributed by atoms with Crippen molar-refractivity contribution in [2.75, 3.05) is 0 Å². The molecule has 0 heterocycles. The lowest BCUT2D eigenvalue weighted by molar-refractivity contribution is 0.589. The van der Waals surface area contributed by atoms with E-state index in [4.69, 9.17) is 0 Å². The Kier molecular flexibility index (Phi) is 5.58. The lowest BCUT2D eigenvalue weighted by Gasteiger charge is -2.11. The van der Waals surface area contributed by atoms with Gasteiger partial charge in [-0.05, 0) is 34.6 Å². The monoisotopic (exact) mass is 281 g/mol. The van der Waals surface area contributed by atoms with E-state index in [1.165, 1.54) is 28.7 Å². The van der Waals surface area contributed by atoms with Crippen LogP contribution in [0.1, 0.15) is 51.2 Å². The number of nitrogens with one attached hydrogen (secondary N) is 1. The summed E-state index contributed by atoms with van der Waals surface area (Å²) < 4.78 is 0. The van der Waals surface area contributed by atoms with E-state index in [0.717, 1.165) is 6.54 Å². The highest BCUT2D eigenvalue weighted by molar-refractivity contribution is 5.64. The quantitative estimate of drug-likeness (QED) is 0.751. The van der Waals surface area contributed by atoms with Crippen molar-refractivity contribution in [3.05, 3.63) is 59.7 Å². The first-order valence-corrected chi connectivity index (χ1v) is 8.02. The molecule has 2 aromatic rings. The van der Waals surface area contributed by atoms with Crippen LogP contribution in [-0.2, 0) is 6.54 Å². The van der Waals surface area contributed by atoms with Gasteiger partial charge in [-0.15, -0.1) is 0 Å². The lowest BCUT2D eigenvalue weighted by Crippen LogP contribution is -2.21. The summed E-state index contributed by atoms with van der Waals surface area (Å²) in [5.41, 5.74) is 5.35. The topological polar surface area (TPSA) is 12.0 Å². The van der Waals surface area contributed by atoms with Crippen molar-refractivity contribution in [3.63, 3.8) is 0 Å². The molecular formula is C20H27N. The van der Waals surface area contributed by atoms with Gasteiger partial charge in [0, 0.05) is 12.6 Å². The van der Waals surface area contributed by atoms with Crippen molar-refractivity contribution in [3.8, 4) is 11.1 Å². The predicted molar refractivity (Wildman–Crippen MR) is 92.6 cm³/mol. The van der Waals surface area contributed by atoms with Crippen LogP contribution in [0.25, 0.3) is 11.1 Å². The van der Waals surface area contributed by atoms with Crippen molar-refractivity contribution in [2.45, 2.75) is 52.6 Å². The number of benzene rings is 2. The van der Waals surface area contributed by atoms with Crippen LogP contribution < -0.4 is 5.32 Å². The van der Waals surface area contributed by atoms with Gasteiger partial charge in [0.15, 0.2) is 0 Å². The molecule has 112 valence electrons. The zero-order valence-corrected chi connectivity index (χ0v) is 13.7. The molecule has 0 spiro atoms. The highest BCUT2D eigenvalue weighted by atomic mass is 14.9. The molecule has 1 nitrogen and oxygen atoms in total. The van der Waals surface area contributed by atoms with Gasteiger partial charge in [-0.2, -0.15) is 0 Å². The second kappa shape index (κ2) is 7.42. The summed E-state index contributed by atoms with van der Waals surface area (Å²) in [6.45, 7) is 9.80. The van der Waals surface area contributed by atoms with E-state index in [0.29, 0.717) is 12.0 Å². The highest BCUT2D eigenvalue weighted by Gasteiger charge is 2.04. The maximum atomic E-state index is 3.45. The summed E-state index contributed by atoms with van der Waals surface area (Å²) in [6.07, 6.45) is 1.19. The number of hydrogen-bond acceptors (Lipinski definition) is 1. The first-order valence-electron chi connectivity index (χ1n) is 8.02. The summed E-state index contributed by atoms with van der Waals surface area (Å²) in [6, 6.07) is 18.4. The van der Waals surface area contributed by atoms with Gasteiger partial charge in [0.1, 0.15) is 0 Å². The average Bonchev–Trinajstić information content (AvgIpc) is 2.53. The molecule has 0 amide bonds. The highest BCUT2D eigenvalue weighted by Crippen LogP contribution is 2.24.